The number of carbonyl (C=O) groups excluding carboxylic acids is 1. The molecule has 24 heavy (non-hydrogen) atoms. The molecule has 1 aliphatic carbocycles. The predicted octanol–water partition coefficient (Wildman–Crippen LogP) is 3.29. The maximum absolute atomic E-state index is 12.8. The summed E-state index contributed by atoms with van der Waals surface area (Å²) in [5.41, 5.74) is 6.48. The molecule has 0 saturated heterocycles. The van der Waals surface area contributed by atoms with Gasteiger partial charge in [-0.2, -0.15) is 0 Å². The van der Waals surface area contributed by atoms with E-state index in [4.69, 9.17) is 5.73 Å². The van der Waals surface area contributed by atoms with Crippen LogP contribution in [0.5, 0.6) is 0 Å². The Labute approximate surface area is 149 Å². The number of hydrogen-bond acceptors (Lipinski definition) is 3. The molecule has 4 heteroatoms. The van der Waals surface area contributed by atoms with E-state index in [1.54, 1.807) is 0 Å². The normalized spacial score (nSPS) is 25.6. The van der Waals surface area contributed by atoms with E-state index in [9.17, 15) is 4.79 Å². The van der Waals surface area contributed by atoms with E-state index in [1.807, 2.05) is 0 Å². The van der Waals surface area contributed by atoms with Gasteiger partial charge >= 0.3 is 0 Å². The van der Waals surface area contributed by atoms with Crippen molar-refractivity contribution in [2.24, 2.45) is 35.3 Å². The lowest BCUT2D eigenvalue weighted by Crippen LogP contribution is -2.46. The van der Waals surface area contributed by atoms with Gasteiger partial charge in [-0.3, -0.25) is 4.79 Å². The Balaban J connectivity index is 2.63. The Bertz CT molecular complexity index is 406. The minimum atomic E-state index is 0.158. The zero-order chi connectivity index (χ0) is 18.3. The van der Waals surface area contributed by atoms with Crippen LogP contribution in [0.1, 0.15) is 60.3 Å². The van der Waals surface area contributed by atoms with Crippen LogP contribution in [0.2, 0.25) is 0 Å². The Kier molecular flexibility index (Phi) is 8.82. The Hall–Kier alpha value is -1.03. The average Bonchev–Trinajstić information content (AvgIpc) is 2.51. The molecule has 4 nitrogen and oxygen atoms in total. The van der Waals surface area contributed by atoms with Crippen molar-refractivity contribution in [2.75, 3.05) is 13.1 Å². The number of amides is 1. The minimum Gasteiger partial charge on any atom is -0.383 e. The first kappa shape index (κ1) is 21.0. The van der Waals surface area contributed by atoms with Gasteiger partial charge < -0.3 is 16.4 Å². The van der Waals surface area contributed by atoms with Gasteiger partial charge in [0.2, 0.25) is 5.91 Å². The molecular weight excluding hydrogens is 298 g/mol. The highest BCUT2D eigenvalue weighted by molar-refractivity contribution is 5.79. The summed E-state index contributed by atoms with van der Waals surface area (Å²) in [6.07, 6.45) is 4.44. The maximum Gasteiger partial charge on any atom is 0.223 e. The molecule has 0 spiro atoms. The summed E-state index contributed by atoms with van der Waals surface area (Å²) in [5.74, 6) is 2.67. The van der Waals surface area contributed by atoms with E-state index in [0.29, 0.717) is 36.8 Å². The largest absolute Gasteiger partial charge is 0.383 e. The third kappa shape index (κ3) is 6.84. The number of hydrogen-bond donors (Lipinski definition) is 3. The first-order valence-electron chi connectivity index (χ1n) is 9.66. The topological polar surface area (TPSA) is 67.2 Å². The summed E-state index contributed by atoms with van der Waals surface area (Å²) in [4.78, 5) is 12.8. The van der Waals surface area contributed by atoms with Crippen LogP contribution in [-0.2, 0) is 4.79 Å². The Morgan fingerprint density at radius 1 is 1.25 bits per heavy atom. The minimum absolute atomic E-state index is 0.158. The monoisotopic (exact) mass is 337 g/mol. The molecule has 4 atom stereocenters. The molecule has 1 unspecified atom stereocenters. The fourth-order valence-corrected chi connectivity index (χ4v) is 3.97. The molecule has 0 bridgehead atoms. The highest BCUT2D eigenvalue weighted by Crippen LogP contribution is 2.38. The van der Waals surface area contributed by atoms with Gasteiger partial charge in [-0.25, -0.2) is 0 Å². The third-order valence-corrected chi connectivity index (χ3v) is 5.29. The first-order valence-corrected chi connectivity index (χ1v) is 9.66. The van der Waals surface area contributed by atoms with Crippen LogP contribution in [0.3, 0.4) is 0 Å². The van der Waals surface area contributed by atoms with E-state index in [2.05, 4.69) is 51.8 Å². The van der Waals surface area contributed by atoms with Gasteiger partial charge in [0.25, 0.3) is 0 Å². The zero-order valence-corrected chi connectivity index (χ0v) is 16.4. The fraction of sp³-hybridized carbons (Fsp3) is 0.850. The van der Waals surface area contributed by atoms with Gasteiger partial charge in [-0.1, -0.05) is 47.6 Å². The number of carbonyl (C=O) groups is 1. The third-order valence-electron chi connectivity index (χ3n) is 5.29. The highest BCUT2D eigenvalue weighted by Gasteiger charge is 2.35. The van der Waals surface area contributed by atoms with Gasteiger partial charge in [0.1, 0.15) is 0 Å². The number of rotatable bonds is 9. The SMILES string of the molecule is C=C(CN)NC(CNC(=O)[C@@H]1C[C@H](C)CC[C@H]1C(C)C)CC(C)C. The quantitative estimate of drug-likeness (QED) is 0.605. The van der Waals surface area contributed by atoms with Gasteiger partial charge in [0.05, 0.1) is 0 Å². The van der Waals surface area contributed by atoms with Gasteiger partial charge in [-0.15, -0.1) is 0 Å². The van der Waals surface area contributed by atoms with Crippen molar-refractivity contribution >= 4 is 5.91 Å². The molecule has 0 aromatic carbocycles. The molecule has 0 radical (unpaired) electrons. The number of nitrogens with two attached hydrogens (primary N) is 1. The van der Waals surface area contributed by atoms with Crippen molar-refractivity contribution in [3.05, 3.63) is 12.3 Å². The van der Waals surface area contributed by atoms with Crippen LogP contribution in [0, 0.1) is 29.6 Å². The first-order chi connectivity index (χ1) is 11.2. The van der Waals surface area contributed by atoms with E-state index in [-0.39, 0.29) is 17.9 Å². The summed E-state index contributed by atoms with van der Waals surface area (Å²) in [5, 5.41) is 6.57. The lowest BCUT2D eigenvalue weighted by molar-refractivity contribution is -0.129. The highest BCUT2D eigenvalue weighted by atomic mass is 16.1. The fourth-order valence-electron chi connectivity index (χ4n) is 3.97. The van der Waals surface area contributed by atoms with Crippen LogP contribution in [-0.4, -0.2) is 25.0 Å². The van der Waals surface area contributed by atoms with Gasteiger partial charge in [0, 0.05) is 30.7 Å². The molecule has 1 rings (SSSR count). The molecule has 1 aliphatic rings. The van der Waals surface area contributed by atoms with E-state index >= 15 is 0 Å². The molecule has 4 N–H and O–H groups in total. The zero-order valence-electron chi connectivity index (χ0n) is 16.4. The molecule has 1 saturated carbocycles. The standard InChI is InChI=1S/C20H39N3O/c1-13(2)9-17(23-16(6)11-21)12-22-20(24)19-10-15(5)7-8-18(19)14(3)4/h13-15,17-19,23H,6-12,21H2,1-5H3,(H,22,24)/t15-,17?,18+,19-/m1/s1. The molecule has 0 aromatic heterocycles. The molecule has 0 heterocycles. The van der Waals surface area contributed by atoms with Crippen molar-refractivity contribution in [3.8, 4) is 0 Å². The summed E-state index contributed by atoms with van der Waals surface area (Å²) < 4.78 is 0. The Morgan fingerprint density at radius 2 is 1.92 bits per heavy atom. The molecule has 0 aliphatic heterocycles. The predicted molar refractivity (Wildman–Crippen MR) is 102 cm³/mol. The van der Waals surface area contributed by atoms with Gasteiger partial charge in [0.15, 0.2) is 0 Å². The van der Waals surface area contributed by atoms with Crippen LogP contribution in [0.15, 0.2) is 12.3 Å². The van der Waals surface area contributed by atoms with Crippen LogP contribution >= 0.6 is 0 Å². The lowest BCUT2D eigenvalue weighted by Gasteiger charge is -2.36. The lowest BCUT2D eigenvalue weighted by atomic mass is 9.70. The Morgan fingerprint density at radius 3 is 2.46 bits per heavy atom. The second-order valence-electron chi connectivity index (χ2n) is 8.46. The van der Waals surface area contributed by atoms with E-state index < -0.39 is 0 Å². The van der Waals surface area contributed by atoms with Crippen molar-refractivity contribution in [1.82, 2.24) is 10.6 Å². The van der Waals surface area contributed by atoms with E-state index in [1.165, 1.54) is 12.8 Å². The average molecular weight is 338 g/mol. The summed E-state index contributed by atoms with van der Waals surface area (Å²) in [6, 6.07) is 0.198. The number of nitrogens with one attached hydrogen (secondary N) is 2. The van der Waals surface area contributed by atoms with Crippen LogP contribution in [0.4, 0.5) is 0 Å². The molecule has 1 fully saturated rings. The summed E-state index contributed by atoms with van der Waals surface area (Å²) in [7, 11) is 0. The summed E-state index contributed by atoms with van der Waals surface area (Å²) in [6.45, 7) is 16.2. The van der Waals surface area contributed by atoms with Crippen LogP contribution in [0.25, 0.3) is 0 Å². The van der Waals surface area contributed by atoms with Crippen molar-refractivity contribution < 1.29 is 4.79 Å². The smallest absolute Gasteiger partial charge is 0.223 e. The van der Waals surface area contributed by atoms with Gasteiger partial charge in [-0.05, 0) is 42.9 Å². The van der Waals surface area contributed by atoms with Crippen molar-refractivity contribution in [3.63, 3.8) is 0 Å². The molecule has 0 aromatic rings. The molecule has 1 amide bonds. The summed E-state index contributed by atoms with van der Waals surface area (Å²) >= 11 is 0. The van der Waals surface area contributed by atoms with E-state index in [0.717, 1.165) is 18.5 Å². The van der Waals surface area contributed by atoms with Crippen molar-refractivity contribution in [1.29, 1.82) is 0 Å². The second kappa shape index (κ2) is 10.1. The molecule has 140 valence electrons. The molecular formula is C20H39N3O. The van der Waals surface area contributed by atoms with Crippen molar-refractivity contribution in [2.45, 2.75) is 66.3 Å². The maximum atomic E-state index is 12.8. The second-order valence-corrected chi connectivity index (χ2v) is 8.46. The van der Waals surface area contributed by atoms with Crippen LogP contribution < -0.4 is 16.4 Å².